The van der Waals surface area contributed by atoms with Gasteiger partial charge in [0.1, 0.15) is 6.61 Å². The number of hydrogen-bond donors (Lipinski definition) is 3. The molecular formula is C24H24N4O5. The number of carbonyl (C=O) groups is 3. The highest BCUT2D eigenvalue weighted by atomic mass is 16.5. The van der Waals surface area contributed by atoms with Crippen molar-refractivity contribution in [1.82, 2.24) is 15.1 Å². The van der Waals surface area contributed by atoms with E-state index in [9.17, 15) is 14.4 Å². The molecule has 2 aromatic carbocycles. The lowest BCUT2D eigenvalue weighted by Crippen LogP contribution is -2.35. The maximum absolute atomic E-state index is 12.6. The van der Waals surface area contributed by atoms with Crippen LogP contribution in [0.15, 0.2) is 54.7 Å². The molecule has 1 aliphatic rings. The normalized spacial score (nSPS) is 13.0. The minimum atomic E-state index is -1.03. The molecule has 0 spiro atoms. The van der Waals surface area contributed by atoms with Crippen molar-refractivity contribution in [1.29, 1.82) is 0 Å². The molecule has 4 rings (SSSR count). The molecule has 0 aliphatic heterocycles. The van der Waals surface area contributed by atoms with Crippen molar-refractivity contribution in [2.24, 2.45) is 7.05 Å². The lowest BCUT2D eigenvalue weighted by atomic mass is 9.98. The first-order valence-electron chi connectivity index (χ1n) is 10.5. The molecule has 1 aliphatic carbocycles. The van der Waals surface area contributed by atoms with Crippen LogP contribution in [-0.2, 0) is 16.6 Å². The molecule has 3 aromatic rings. The molecule has 9 heteroatoms. The average molecular weight is 448 g/mol. The van der Waals surface area contributed by atoms with E-state index in [0.717, 1.165) is 22.3 Å². The zero-order chi connectivity index (χ0) is 23.5. The van der Waals surface area contributed by atoms with Gasteiger partial charge in [-0.1, -0.05) is 48.5 Å². The SMILES string of the molecule is CC(CC(=O)O)NC(=O)c1nn(C)cc1NC(=O)OCC1c2ccccc2-c2ccccc21. The highest BCUT2D eigenvalue weighted by Gasteiger charge is 2.29. The molecule has 0 radical (unpaired) electrons. The second kappa shape index (κ2) is 9.15. The standard InChI is InChI=1S/C24H24N4O5/c1-14(11-21(29)30)25-23(31)22-20(12-28(2)27-22)26-24(32)33-13-19-17-9-5-3-7-15(17)16-8-4-6-10-18(16)19/h3-10,12,14,19H,11,13H2,1-2H3,(H,25,31)(H,26,32)(H,29,30). The van der Waals surface area contributed by atoms with E-state index >= 15 is 0 Å². The zero-order valence-corrected chi connectivity index (χ0v) is 18.2. The van der Waals surface area contributed by atoms with Gasteiger partial charge < -0.3 is 15.2 Å². The van der Waals surface area contributed by atoms with E-state index in [1.54, 1.807) is 14.0 Å². The van der Waals surface area contributed by atoms with Gasteiger partial charge in [-0.15, -0.1) is 0 Å². The van der Waals surface area contributed by atoms with Gasteiger partial charge in [0.2, 0.25) is 0 Å². The van der Waals surface area contributed by atoms with E-state index in [1.165, 1.54) is 10.9 Å². The fourth-order valence-corrected chi connectivity index (χ4v) is 4.10. The van der Waals surface area contributed by atoms with Crippen molar-refractivity contribution in [2.75, 3.05) is 11.9 Å². The summed E-state index contributed by atoms with van der Waals surface area (Å²) in [6, 6.07) is 15.5. The molecule has 0 saturated carbocycles. The van der Waals surface area contributed by atoms with E-state index in [1.807, 2.05) is 36.4 Å². The van der Waals surface area contributed by atoms with Gasteiger partial charge in [-0.2, -0.15) is 5.10 Å². The van der Waals surface area contributed by atoms with Gasteiger partial charge in [-0.25, -0.2) is 4.79 Å². The first kappa shape index (κ1) is 22.1. The topological polar surface area (TPSA) is 123 Å². The number of aliphatic carboxylic acids is 1. The largest absolute Gasteiger partial charge is 0.481 e. The maximum atomic E-state index is 12.6. The number of aryl methyl sites for hydroxylation is 1. The fraction of sp³-hybridized carbons (Fsp3) is 0.250. The van der Waals surface area contributed by atoms with Crippen LogP contribution >= 0.6 is 0 Å². The van der Waals surface area contributed by atoms with E-state index in [2.05, 4.69) is 27.9 Å². The molecule has 33 heavy (non-hydrogen) atoms. The lowest BCUT2D eigenvalue weighted by molar-refractivity contribution is -0.137. The van der Waals surface area contributed by atoms with Crippen molar-refractivity contribution in [3.05, 3.63) is 71.5 Å². The number of anilines is 1. The summed E-state index contributed by atoms with van der Waals surface area (Å²) in [5, 5.41) is 18.1. The lowest BCUT2D eigenvalue weighted by Gasteiger charge is -2.15. The van der Waals surface area contributed by atoms with Gasteiger partial charge in [-0.05, 0) is 29.2 Å². The maximum Gasteiger partial charge on any atom is 0.411 e. The number of carboxylic acid groups (broad SMARTS) is 1. The van der Waals surface area contributed by atoms with Gasteiger partial charge in [0.15, 0.2) is 5.69 Å². The number of aromatic nitrogens is 2. The van der Waals surface area contributed by atoms with E-state index in [0.29, 0.717) is 0 Å². The van der Waals surface area contributed by atoms with E-state index in [4.69, 9.17) is 9.84 Å². The van der Waals surface area contributed by atoms with Crippen molar-refractivity contribution in [3.8, 4) is 11.1 Å². The molecule has 9 nitrogen and oxygen atoms in total. The summed E-state index contributed by atoms with van der Waals surface area (Å²) in [6.45, 7) is 1.71. The summed E-state index contributed by atoms with van der Waals surface area (Å²) in [4.78, 5) is 35.9. The van der Waals surface area contributed by atoms with Crippen LogP contribution in [0.1, 0.15) is 40.9 Å². The third-order valence-electron chi connectivity index (χ3n) is 5.48. The smallest absolute Gasteiger partial charge is 0.411 e. The Labute approximate surface area is 190 Å². The molecule has 0 saturated heterocycles. The number of fused-ring (bicyclic) bond motifs is 3. The first-order chi connectivity index (χ1) is 15.8. The van der Waals surface area contributed by atoms with Crippen LogP contribution in [0.2, 0.25) is 0 Å². The first-order valence-corrected chi connectivity index (χ1v) is 10.5. The van der Waals surface area contributed by atoms with Crippen LogP contribution in [-0.4, -0.2) is 45.5 Å². The van der Waals surface area contributed by atoms with Crippen molar-refractivity contribution < 1.29 is 24.2 Å². The van der Waals surface area contributed by atoms with Gasteiger partial charge >= 0.3 is 12.1 Å². The third kappa shape index (κ3) is 4.72. The Bertz CT molecular complexity index is 1170. The molecule has 1 unspecified atom stereocenters. The van der Waals surface area contributed by atoms with Crippen molar-refractivity contribution in [3.63, 3.8) is 0 Å². The third-order valence-corrected chi connectivity index (χ3v) is 5.48. The molecule has 1 aromatic heterocycles. The number of carboxylic acids is 1. The molecule has 0 fully saturated rings. The quantitative estimate of drug-likeness (QED) is 0.509. The van der Waals surface area contributed by atoms with E-state index in [-0.39, 0.29) is 30.3 Å². The Kier molecular flexibility index (Phi) is 6.12. The molecular weight excluding hydrogens is 424 g/mol. The number of carbonyl (C=O) groups excluding carboxylic acids is 2. The summed E-state index contributed by atoms with van der Waals surface area (Å²) in [5.74, 6) is -1.70. The minimum Gasteiger partial charge on any atom is -0.481 e. The van der Waals surface area contributed by atoms with Crippen LogP contribution < -0.4 is 10.6 Å². The zero-order valence-electron chi connectivity index (χ0n) is 18.2. The number of hydrogen-bond acceptors (Lipinski definition) is 5. The Balaban J connectivity index is 1.43. The number of nitrogens with one attached hydrogen (secondary N) is 2. The van der Waals surface area contributed by atoms with Gasteiger partial charge in [0.25, 0.3) is 5.91 Å². The number of amides is 2. The number of nitrogens with zero attached hydrogens (tertiary/aromatic N) is 2. The Morgan fingerprint density at radius 1 is 1.09 bits per heavy atom. The Hall–Kier alpha value is -4.14. The molecule has 1 heterocycles. The molecule has 170 valence electrons. The molecule has 2 amide bonds. The number of rotatable bonds is 7. The summed E-state index contributed by atoms with van der Waals surface area (Å²) in [7, 11) is 1.61. The molecule has 1 atom stereocenters. The second-order valence-corrected chi connectivity index (χ2v) is 7.99. The van der Waals surface area contributed by atoms with Crippen LogP contribution in [0, 0.1) is 0 Å². The van der Waals surface area contributed by atoms with Crippen molar-refractivity contribution in [2.45, 2.75) is 25.3 Å². The second-order valence-electron chi connectivity index (χ2n) is 7.99. The van der Waals surface area contributed by atoms with Gasteiger partial charge in [-0.3, -0.25) is 19.6 Å². The fourth-order valence-electron chi connectivity index (χ4n) is 4.10. The Morgan fingerprint density at radius 3 is 2.30 bits per heavy atom. The molecule has 0 bridgehead atoms. The summed E-state index contributed by atoms with van der Waals surface area (Å²) >= 11 is 0. The summed E-state index contributed by atoms with van der Waals surface area (Å²) < 4.78 is 6.91. The number of benzene rings is 2. The summed E-state index contributed by atoms with van der Waals surface area (Å²) in [5.41, 5.74) is 4.60. The monoisotopic (exact) mass is 448 g/mol. The average Bonchev–Trinajstić information content (AvgIpc) is 3.29. The predicted octanol–water partition coefficient (Wildman–Crippen LogP) is 3.37. The molecule has 3 N–H and O–H groups in total. The summed E-state index contributed by atoms with van der Waals surface area (Å²) in [6.07, 6.45) is 0.545. The highest BCUT2D eigenvalue weighted by Crippen LogP contribution is 2.44. The predicted molar refractivity (Wildman–Crippen MR) is 121 cm³/mol. The highest BCUT2D eigenvalue weighted by molar-refractivity contribution is 6.01. The van der Waals surface area contributed by atoms with Crippen LogP contribution in [0.3, 0.4) is 0 Å². The van der Waals surface area contributed by atoms with Gasteiger partial charge in [0.05, 0.1) is 12.1 Å². The minimum absolute atomic E-state index is 0.0248. The van der Waals surface area contributed by atoms with Crippen molar-refractivity contribution >= 4 is 23.7 Å². The number of ether oxygens (including phenoxy) is 1. The Morgan fingerprint density at radius 2 is 1.70 bits per heavy atom. The van der Waals surface area contributed by atoms with Crippen LogP contribution in [0.25, 0.3) is 11.1 Å². The van der Waals surface area contributed by atoms with Gasteiger partial charge in [0, 0.05) is 25.2 Å². The van der Waals surface area contributed by atoms with Crippen LogP contribution in [0.5, 0.6) is 0 Å². The van der Waals surface area contributed by atoms with E-state index < -0.39 is 24.0 Å². The van der Waals surface area contributed by atoms with Crippen LogP contribution in [0.4, 0.5) is 10.5 Å².